The molecule has 0 saturated carbocycles. The maximum atomic E-state index is 12.2. The molecule has 102 valence electrons. The fourth-order valence-corrected chi connectivity index (χ4v) is 2.64. The van der Waals surface area contributed by atoms with E-state index in [0.29, 0.717) is 31.8 Å². The maximum absolute atomic E-state index is 12.2. The number of thiophene rings is 1. The lowest BCUT2D eigenvalue weighted by Gasteiger charge is -2.21. The number of nitrogens with zero attached hydrogens (tertiary/aromatic N) is 1. The summed E-state index contributed by atoms with van der Waals surface area (Å²) in [6.07, 6.45) is 2.82. The zero-order valence-electron chi connectivity index (χ0n) is 10.5. The average molecular weight is 298 g/mol. The number of halogens is 1. The maximum Gasteiger partial charge on any atom is 0.223 e. The fourth-order valence-electron chi connectivity index (χ4n) is 1.79. The van der Waals surface area contributed by atoms with E-state index in [9.17, 15) is 4.79 Å². The predicted octanol–water partition coefficient (Wildman–Crippen LogP) is 3.89. The SMILES string of the molecule is O=C(CCCCl)N(Cc1ccco1)Cc1cccs1. The molecule has 0 fully saturated rings. The van der Waals surface area contributed by atoms with Gasteiger partial charge in [0.2, 0.25) is 5.91 Å². The Morgan fingerprint density at radius 3 is 2.84 bits per heavy atom. The van der Waals surface area contributed by atoms with Crippen molar-refractivity contribution in [3.05, 3.63) is 46.5 Å². The Bertz CT molecular complexity index is 445. The molecule has 0 radical (unpaired) electrons. The highest BCUT2D eigenvalue weighted by Crippen LogP contribution is 2.16. The molecule has 0 bridgehead atoms. The molecule has 0 spiro atoms. The van der Waals surface area contributed by atoms with Crippen molar-refractivity contribution in [1.29, 1.82) is 0 Å². The molecule has 0 aliphatic heterocycles. The molecule has 0 aliphatic rings. The van der Waals surface area contributed by atoms with Crippen LogP contribution in [0.1, 0.15) is 23.5 Å². The summed E-state index contributed by atoms with van der Waals surface area (Å²) in [5.41, 5.74) is 0. The Labute approximate surface area is 121 Å². The third-order valence-electron chi connectivity index (χ3n) is 2.73. The average Bonchev–Trinajstić information content (AvgIpc) is 3.08. The molecule has 5 heteroatoms. The van der Waals surface area contributed by atoms with Crippen molar-refractivity contribution < 1.29 is 9.21 Å². The molecule has 0 aromatic carbocycles. The molecule has 2 rings (SSSR count). The molecule has 2 aromatic heterocycles. The van der Waals surface area contributed by atoms with E-state index in [2.05, 4.69) is 0 Å². The topological polar surface area (TPSA) is 33.5 Å². The molecule has 0 atom stereocenters. The van der Waals surface area contributed by atoms with E-state index >= 15 is 0 Å². The van der Waals surface area contributed by atoms with Crippen molar-refractivity contribution >= 4 is 28.8 Å². The highest BCUT2D eigenvalue weighted by atomic mass is 35.5. The standard InChI is InChI=1S/C14H16ClNO2S/c15-7-1-6-14(17)16(10-12-4-2-8-18-12)11-13-5-3-9-19-13/h2-5,8-9H,1,6-7,10-11H2. The van der Waals surface area contributed by atoms with Gasteiger partial charge in [-0.15, -0.1) is 22.9 Å². The first-order chi connectivity index (χ1) is 9.29. The number of hydrogen-bond donors (Lipinski definition) is 0. The third kappa shape index (κ3) is 4.40. The van der Waals surface area contributed by atoms with Crippen molar-refractivity contribution in [3.63, 3.8) is 0 Å². The zero-order chi connectivity index (χ0) is 13.5. The first kappa shape index (κ1) is 14.2. The number of alkyl halides is 1. The monoisotopic (exact) mass is 297 g/mol. The van der Waals surface area contributed by atoms with Gasteiger partial charge in [0, 0.05) is 17.2 Å². The number of furan rings is 1. The number of amides is 1. The van der Waals surface area contributed by atoms with Gasteiger partial charge >= 0.3 is 0 Å². The molecule has 0 unspecified atom stereocenters. The lowest BCUT2D eigenvalue weighted by atomic mass is 10.2. The minimum atomic E-state index is 0.116. The van der Waals surface area contributed by atoms with Gasteiger partial charge in [-0.1, -0.05) is 6.07 Å². The summed E-state index contributed by atoms with van der Waals surface area (Å²) >= 11 is 7.30. The van der Waals surface area contributed by atoms with Crippen molar-refractivity contribution in [3.8, 4) is 0 Å². The summed E-state index contributed by atoms with van der Waals surface area (Å²) in [7, 11) is 0. The molecular formula is C14H16ClNO2S. The summed E-state index contributed by atoms with van der Waals surface area (Å²) in [6.45, 7) is 1.13. The fraction of sp³-hybridized carbons (Fsp3) is 0.357. The van der Waals surface area contributed by atoms with E-state index in [-0.39, 0.29) is 5.91 Å². The van der Waals surface area contributed by atoms with Gasteiger partial charge in [0.15, 0.2) is 0 Å². The number of rotatable bonds is 7. The van der Waals surface area contributed by atoms with Crippen LogP contribution >= 0.6 is 22.9 Å². The van der Waals surface area contributed by atoms with Gasteiger partial charge in [-0.3, -0.25) is 4.79 Å². The normalized spacial score (nSPS) is 10.6. The van der Waals surface area contributed by atoms with Crippen LogP contribution < -0.4 is 0 Å². The lowest BCUT2D eigenvalue weighted by Crippen LogP contribution is -2.29. The van der Waals surface area contributed by atoms with Gasteiger partial charge in [0.1, 0.15) is 5.76 Å². The van der Waals surface area contributed by atoms with Gasteiger partial charge in [-0.05, 0) is 30.0 Å². The Balaban J connectivity index is 2.01. The van der Waals surface area contributed by atoms with Gasteiger partial charge < -0.3 is 9.32 Å². The lowest BCUT2D eigenvalue weighted by molar-refractivity contribution is -0.132. The minimum absolute atomic E-state index is 0.116. The van der Waals surface area contributed by atoms with E-state index in [1.807, 2.05) is 34.5 Å². The highest BCUT2D eigenvalue weighted by Gasteiger charge is 2.15. The van der Waals surface area contributed by atoms with Gasteiger partial charge in [0.05, 0.1) is 19.4 Å². The second-order valence-electron chi connectivity index (χ2n) is 4.20. The van der Waals surface area contributed by atoms with Crippen LogP contribution in [0, 0.1) is 0 Å². The summed E-state index contributed by atoms with van der Waals surface area (Å²) in [5.74, 6) is 1.43. The highest BCUT2D eigenvalue weighted by molar-refractivity contribution is 7.09. The van der Waals surface area contributed by atoms with Crippen LogP contribution in [0.25, 0.3) is 0 Å². The molecular weight excluding hydrogens is 282 g/mol. The molecule has 0 N–H and O–H groups in total. The Kier molecular flexibility index (Phi) is 5.48. The molecule has 1 amide bonds. The van der Waals surface area contributed by atoms with Gasteiger partial charge in [0.25, 0.3) is 0 Å². The van der Waals surface area contributed by atoms with Crippen molar-refractivity contribution in [2.24, 2.45) is 0 Å². The Morgan fingerprint density at radius 1 is 1.32 bits per heavy atom. The van der Waals surface area contributed by atoms with E-state index < -0.39 is 0 Å². The molecule has 0 saturated heterocycles. The molecule has 2 aromatic rings. The zero-order valence-corrected chi connectivity index (χ0v) is 12.1. The molecule has 0 aliphatic carbocycles. The van der Waals surface area contributed by atoms with Crippen LogP contribution in [0.2, 0.25) is 0 Å². The van der Waals surface area contributed by atoms with E-state index in [1.54, 1.807) is 17.6 Å². The Morgan fingerprint density at radius 2 is 2.21 bits per heavy atom. The van der Waals surface area contributed by atoms with Crippen molar-refractivity contribution in [2.75, 3.05) is 5.88 Å². The Hall–Kier alpha value is -1.26. The van der Waals surface area contributed by atoms with Crippen LogP contribution in [0.3, 0.4) is 0 Å². The largest absolute Gasteiger partial charge is 0.467 e. The predicted molar refractivity (Wildman–Crippen MR) is 77.2 cm³/mol. The van der Waals surface area contributed by atoms with Gasteiger partial charge in [-0.25, -0.2) is 0 Å². The first-order valence-electron chi connectivity index (χ1n) is 6.18. The minimum Gasteiger partial charge on any atom is -0.467 e. The van der Waals surface area contributed by atoms with Crippen LogP contribution in [0.4, 0.5) is 0 Å². The number of hydrogen-bond acceptors (Lipinski definition) is 3. The van der Waals surface area contributed by atoms with E-state index in [0.717, 1.165) is 5.76 Å². The second-order valence-corrected chi connectivity index (χ2v) is 5.61. The summed E-state index contributed by atoms with van der Waals surface area (Å²) in [6, 6.07) is 7.75. The van der Waals surface area contributed by atoms with Crippen molar-refractivity contribution in [1.82, 2.24) is 4.90 Å². The van der Waals surface area contributed by atoms with Crippen LogP contribution in [-0.4, -0.2) is 16.7 Å². The first-order valence-corrected chi connectivity index (χ1v) is 7.59. The quantitative estimate of drug-likeness (QED) is 0.727. The van der Waals surface area contributed by atoms with E-state index in [4.69, 9.17) is 16.0 Å². The molecule has 2 heterocycles. The van der Waals surface area contributed by atoms with E-state index in [1.165, 1.54) is 4.88 Å². The smallest absolute Gasteiger partial charge is 0.223 e. The molecule has 3 nitrogen and oxygen atoms in total. The third-order valence-corrected chi connectivity index (χ3v) is 3.86. The molecule has 19 heavy (non-hydrogen) atoms. The summed E-state index contributed by atoms with van der Waals surface area (Å²) < 4.78 is 5.32. The summed E-state index contributed by atoms with van der Waals surface area (Å²) in [5, 5.41) is 2.02. The van der Waals surface area contributed by atoms with Crippen LogP contribution in [-0.2, 0) is 17.9 Å². The second kappa shape index (κ2) is 7.36. The van der Waals surface area contributed by atoms with Gasteiger partial charge in [-0.2, -0.15) is 0 Å². The summed E-state index contributed by atoms with van der Waals surface area (Å²) in [4.78, 5) is 15.2. The van der Waals surface area contributed by atoms with Crippen LogP contribution in [0.15, 0.2) is 40.3 Å². The van der Waals surface area contributed by atoms with Crippen LogP contribution in [0.5, 0.6) is 0 Å². The number of carbonyl (C=O) groups excluding carboxylic acids is 1. The van der Waals surface area contributed by atoms with Crippen molar-refractivity contribution in [2.45, 2.75) is 25.9 Å². The number of carbonyl (C=O) groups is 1.